The van der Waals surface area contributed by atoms with E-state index < -0.39 is 0 Å². The van der Waals surface area contributed by atoms with Gasteiger partial charge < -0.3 is 19.1 Å². The van der Waals surface area contributed by atoms with Crippen LogP contribution in [0, 0.1) is 24.2 Å². The quantitative estimate of drug-likeness (QED) is 0.142. The van der Waals surface area contributed by atoms with Crippen molar-refractivity contribution in [2.45, 2.75) is 66.2 Å². The number of nitrogens with zero attached hydrogens (tertiary/aromatic N) is 4. The molecule has 0 radical (unpaired) electrons. The fraction of sp³-hybridized carbons (Fsp3) is 0.200. The van der Waals surface area contributed by atoms with Gasteiger partial charge in [0.15, 0.2) is 0 Å². The molecule has 0 bridgehead atoms. The number of anilines is 2. The normalized spacial score (nSPS) is 13.4. The molecular weight excluding hydrogens is 928 g/mol. The second kappa shape index (κ2) is 16.2. The van der Waals surface area contributed by atoms with Gasteiger partial charge in [-0.3, -0.25) is 0 Å². The Labute approximate surface area is 375 Å². The summed E-state index contributed by atoms with van der Waals surface area (Å²) in [5, 5.41) is 2.24. The Bertz CT molecular complexity index is 2880. The molecule has 8 aromatic rings. The first-order valence-electron chi connectivity index (χ1n) is 20.8. The van der Waals surface area contributed by atoms with Crippen LogP contribution in [0.3, 0.4) is 0 Å². The molecule has 0 aliphatic carbocycles. The first-order chi connectivity index (χ1) is 28.7. The Morgan fingerprint density at radius 3 is 2.02 bits per heavy atom. The molecule has 6 heteroatoms. The van der Waals surface area contributed by atoms with Gasteiger partial charge in [-0.15, -0.1) is 48.1 Å². The van der Waals surface area contributed by atoms with E-state index in [-0.39, 0.29) is 37.3 Å². The van der Waals surface area contributed by atoms with Crippen LogP contribution < -0.4 is 14.5 Å². The third-order valence-electron chi connectivity index (χ3n) is 11.7. The molecule has 0 saturated heterocycles. The molecule has 6 aromatic carbocycles. The second-order valence-corrected chi connectivity index (χ2v) is 18.4. The van der Waals surface area contributed by atoms with Crippen molar-refractivity contribution in [3.05, 3.63) is 199 Å². The van der Waals surface area contributed by atoms with E-state index in [1.165, 1.54) is 27.8 Å². The van der Waals surface area contributed by atoms with Crippen LogP contribution in [0.4, 0.5) is 11.4 Å². The van der Waals surface area contributed by atoms with E-state index in [1.807, 2.05) is 24.4 Å². The summed E-state index contributed by atoms with van der Waals surface area (Å²) < 4.78 is 8.82. The standard InChI is InChI=1S/C55H51N4O.Pt/c1-53(2,3)41-28-29-56-52(33-41)59-49-25-16-15-24-47(49)48-27-26-46(35-50(48)59)60-45-23-17-22-43(34-45)58-37-57(36-51(58)54(4,5)6)44-31-39(38-18-11-9-12-19-38)30-42(32-44)55(7,8)40-20-13-10-14-21-40;/h9-33,36-37H,1-8H3;/q-3;. The van der Waals surface area contributed by atoms with Crippen LogP contribution in [0.1, 0.15) is 72.1 Å². The molecule has 0 N–H and O–H groups in total. The maximum absolute atomic E-state index is 6.63. The Morgan fingerprint density at radius 1 is 0.574 bits per heavy atom. The maximum atomic E-state index is 6.63. The number of benzene rings is 6. The topological polar surface area (TPSA) is 33.5 Å². The van der Waals surface area contributed by atoms with E-state index in [0.29, 0.717) is 11.5 Å². The molecule has 0 saturated carbocycles. The van der Waals surface area contributed by atoms with Gasteiger partial charge in [-0.1, -0.05) is 146 Å². The fourth-order valence-electron chi connectivity index (χ4n) is 8.18. The summed E-state index contributed by atoms with van der Waals surface area (Å²) in [5.74, 6) is 2.07. The number of hydrogen-bond donors (Lipinski definition) is 0. The number of ether oxygens (including phenoxy) is 1. The number of pyridine rings is 1. The number of hydrogen-bond acceptors (Lipinski definition) is 4. The van der Waals surface area contributed by atoms with Crippen molar-refractivity contribution in [2.24, 2.45) is 5.41 Å². The minimum absolute atomic E-state index is 0. The average molecular weight is 979 g/mol. The van der Waals surface area contributed by atoms with Gasteiger partial charge in [0.25, 0.3) is 0 Å². The van der Waals surface area contributed by atoms with Gasteiger partial charge in [0.05, 0.1) is 0 Å². The fourth-order valence-corrected chi connectivity index (χ4v) is 8.18. The molecule has 5 nitrogen and oxygen atoms in total. The Kier molecular flexibility index (Phi) is 11.1. The average Bonchev–Trinajstić information content (AvgIpc) is 3.85. The Morgan fingerprint density at radius 2 is 1.28 bits per heavy atom. The van der Waals surface area contributed by atoms with E-state index >= 15 is 0 Å². The summed E-state index contributed by atoms with van der Waals surface area (Å²) in [5.41, 5.74) is 10.8. The SMILES string of the molecule is CC(C)(C)C1=CN(c2cc(-c3ccccc3)cc(C(C)(C)c3ccccc3)c2)[CH-]N1c1[c-]c(Oc2[c-]c3c(cc2)c2ccccc2n3-c2cc(C(C)(C)C)ccn2)ccc1.[Pt]. The predicted octanol–water partition coefficient (Wildman–Crippen LogP) is 14.2. The van der Waals surface area contributed by atoms with Gasteiger partial charge in [-0.25, -0.2) is 4.98 Å². The summed E-state index contributed by atoms with van der Waals surface area (Å²) in [6.45, 7) is 20.2. The number of para-hydroxylation sites is 1. The molecule has 0 spiro atoms. The summed E-state index contributed by atoms with van der Waals surface area (Å²) in [6.07, 6.45) is 4.16. The largest absolute Gasteiger partial charge is 0.509 e. The predicted molar refractivity (Wildman–Crippen MR) is 249 cm³/mol. The van der Waals surface area contributed by atoms with Crippen molar-refractivity contribution < 1.29 is 25.8 Å². The van der Waals surface area contributed by atoms with Crippen LogP contribution in [0.15, 0.2) is 164 Å². The van der Waals surface area contributed by atoms with Gasteiger partial charge in [0, 0.05) is 66.5 Å². The Hall–Kier alpha value is -5.90. The zero-order valence-electron chi connectivity index (χ0n) is 36.1. The van der Waals surface area contributed by atoms with Crippen molar-refractivity contribution in [3.63, 3.8) is 0 Å². The molecule has 2 aromatic heterocycles. The zero-order valence-corrected chi connectivity index (χ0v) is 38.4. The molecule has 0 fully saturated rings. The number of rotatable bonds is 8. The first-order valence-corrected chi connectivity index (χ1v) is 20.8. The van der Waals surface area contributed by atoms with Crippen LogP contribution >= 0.6 is 0 Å². The second-order valence-electron chi connectivity index (χ2n) is 18.4. The summed E-state index contributed by atoms with van der Waals surface area (Å²) >= 11 is 0. The minimum atomic E-state index is -0.225. The van der Waals surface area contributed by atoms with E-state index in [0.717, 1.165) is 44.7 Å². The number of aromatic nitrogens is 2. The minimum Gasteiger partial charge on any atom is -0.509 e. The van der Waals surface area contributed by atoms with Crippen LogP contribution in [-0.4, -0.2) is 9.55 Å². The van der Waals surface area contributed by atoms with Crippen molar-refractivity contribution in [1.29, 1.82) is 0 Å². The van der Waals surface area contributed by atoms with Crippen molar-refractivity contribution >= 4 is 33.2 Å². The first kappa shape index (κ1) is 41.8. The summed E-state index contributed by atoms with van der Waals surface area (Å²) in [4.78, 5) is 9.34. The van der Waals surface area contributed by atoms with Gasteiger partial charge in [0.1, 0.15) is 5.82 Å². The third-order valence-corrected chi connectivity index (χ3v) is 11.7. The van der Waals surface area contributed by atoms with E-state index in [1.54, 1.807) is 0 Å². The zero-order chi connectivity index (χ0) is 41.8. The van der Waals surface area contributed by atoms with Crippen LogP contribution in [0.25, 0.3) is 38.8 Å². The molecule has 0 atom stereocenters. The summed E-state index contributed by atoms with van der Waals surface area (Å²) in [7, 11) is 0. The van der Waals surface area contributed by atoms with Crippen molar-refractivity contribution in [1.82, 2.24) is 9.55 Å². The van der Waals surface area contributed by atoms with E-state index in [2.05, 4.69) is 222 Å². The van der Waals surface area contributed by atoms with Gasteiger partial charge >= 0.3 is 0 Å². The maximum Gasteiger partial charge on any atom is 0.135 e. The van der Waals surface area contributed by atoms with Crippen molar-refractivity contribution in [2.75, 3.05) is 9.80 Å². The van der Waals surface area contributed by atoms with Gasteiger partial charge in [0.2, 0.25) is 0 Å². The summed E-state index contributed by atoms with van der Waals surface area (Å²) in [6, 6.07) is 58.6. The van der Waals surface area contributed by atoms with E-state index in [9.17, 15) is 0 Å². The molecule has 61 heavy (non-hydrogen) atoms. The molecule has 1 aliphatic rings. The third kappa shape index (κ3) is 8.17. The monoisotopic (exact) mass is 978 g/mol. The van der Waals surface area contributed by atoms with Crippen LogP contribution in [0.5, 0.6) is 11.5 Å². The number of allylic oxidation sites excluding steroid dienone is 1. The molecule has 1 aliphatic heterocycles. The van der Waals surface area contributed by atoms with E-state index in [4.69, 9.17) is 9.72 Å². The van der Waals surface area contributed by atoms with Gasteiger partial charge in [-0.05, 0) is 75.2 Å². The van der Waals surface area contributed by atoms with Crippen LogP contribution in [-0.2, 0) is 31.9 Å². The Balaban J connectivity index is 0.00000514. The smallest absolute Gasteiger partial charge is 0.135 e. The molecule has 3 heterocycles. The molecule has 9 rings (SSSR count). The molecular formula is C55H51N4OPt-3. The number of fused-ring (bicyclic) bond motifs is 3. The van der Waals surface area contributed by atoms with Gasteiger partial charge in [-0.2, -0.15) is 12.1 Å². The van der Waals surface area contributed by atoms with Crippen LogP contribution in [0.2, 0.25) is 0 Å². The molecule has 0 amide bonds. The van der Waals surface area contributed by atoms with Crippen molar-refractivity contribution in [3.8, 4) is 28.4 Å². The molecule has 0 unspecified atom stereocenters. The molecule has 310 valence electrons.